The minimum atomic E-state index is 0.597. The van der Waals surface area contributed by atoms with Gasteiger partial charge in [0.15, 0.2) is 0 Å². The molecule has 2 fully saturated rings. The second kappa shape index (κ2) is 5.86. The summed E-state index contributed by atoms with van der Waals surface area (Å²) in [7, 11) is 0. The maximum absolute atomic E-state index is 6.27. The van der Waals surface area contributed by atoms with Crippen molar-refractivity contribution in [3.05, 3.63) is 22.3 Å². The Morgan fingerprint density at radius 3 is 2.89 bits per heavy atom. The number of piperidine rings is 1. The molecule has 3 heterocycles. The monoisotopic (exact) mass is 299 g/mol. The summed E-state index contributed by atoms with van der Waals surface area (Å²) in [5.74, 6) is 1.60. The van der Waals surface area contributed by atoms with E-state index in [4.69, 9.17) is 23.2 Å². The first kappa shape index (κ1) is 13.5. The van der Waals surface area contributed by atoms with Crippen molar-refractivity contribution in [3.63, 3.8) is 0 Å². The third kappa shape index (κ3) is 2.99. The highest BCUT2D eigenvalue weighted by Gasteiger charge is 2.30. The molecule has 0 aliphatic carbocycles. The average molecular weight is 300 g/mol. The highest BCUT2D eigenvalue weighted by Crippen LogP contribution is 2.31. The van der Waals surface area contributed by atoms with E-state index < -0.39 is 0 Å². The quantitative estimate of drug-likeness (QED) is 0.908. The van der Waals surface area contributed by atoms with Crippen LogP contribution in [-0.2, 0) is 0 Å². The van der Waals surface area contributed by atoms with Gasteiger partial charge in [-0.1, -0.05) is 23.2 Å². The Hall–Kier alpha value is -0.510. The molecule has 2 atom stereocenters. The van der Waals surface area contributed by atoms with Crippen LogP contribution >= 0.6 is 23.2 Å². The first-order valence-corrected chi connectivity index (χ1v) is 7.79. The van der Waals surface area contributed by atoms with Crippen LogP contribution in [0.5, 0.6) is 0 Å². The molecule has 1 N–H and O–H groups in total. The lowest BCUT2D eigenvalue weighted by molar-refractivity contribution is 0.328. The van der Waals surface area contributed by atoms with Crippen molar-refractivity contribution in [1.82, 2.24) is 10.3 Å². The molecule has 5 heteroatoms. The van der Waals surface area contributed by atoms with Crippen LogP contribution in [0.25, 0.3) is 0 Å². The maximum Gasteiger partial charge on any atom is 0.147 e. The molecule has 3 nitrogen and oxygen atoms in total. The normalized spacial score (nSPS) is 27.8. The molecule has 0 aromatic carbocycles. The molecule has 2 aliphatic rings. The number of pyridine rings is 1. The fraction of sp³-hybridized carbons (Fsp3) is 0.643. The van der Waals surface area contributed by atoms with Crippen molar-refractivity contribution < 1.29 is 0 Å². The number of nitrogens with zero attached hydrogens (tertiary/aromatic N) is 2. The first-order valence-electron chi connectivity index (χ1n) is 7.03. The summed E-state index contributed by atoms with van der Waals surface area (Å²) in [5.41, 5.74) is 0. The van der Waals surface area contributed by atoms with E-state index in [-0.39, 0.29) is 0 Å². The molecular formula is C14H19Cl2N3. The van der Waals surface area contributed by atoms with Gasteiger partial charge < -0.3 is 10.2 Å². The Bertz CT molecular complexity index is 446. The summed E-state index contributed by atoms with van der Waals surface area (Å²) in [6.07, 6.45) is 6.81. The summed E-state index contributed by atoms with van der Waals surface area (Å²) in [6.45, 7) is 3.25. The van der Waals surface area contributed by atoms with Gasteiger partial charge in [-0.15, -0.1) is 0 Å². The lowest BCUT2D eigenvalue weighted by Gasteiger charge is -2.36. The van der Waals surface area contributed by atoms with Gasteiger partial charge in [0.1, 0.15) is 5.82 Å². The van der Waals surface area contributed by atoms with Gasteiger partial charge in [0, 0.05) is 25.3 Å². The lowest BCUT2D eigenvalue weighted by atomic mass is 9.90. The Balaban J connectivity index is 1.73. The Kier molecular flexibility index (Phi) is 4.15. The molecule has 2 unspecified atom stereocenters. The fourth-order valence-corrected chi connectivity index (χ4v) is 3.78. The second-order valence-electron chi connectivity index (χ2n) is 5.51. The number of anilines is 1. The largest absolute Gasteiger partial charge is 0.355 e. The van der Waals surface area contributed by atoms with Crippen molar-refractivity contribution in [3.8, 4) is 0 Å². The molecule has 0 amide bonds. The predicted octanol–water partition coefficient (Wildman–Crippen LogP) is 3.36. The summed E-state index contributed by atoms with van der Waals surface area (Å²) in [5, 5.41) is 4.88. The third-order valence-corrected chi connectivity index (χ3v) is 4.70. The number of rotatable bonds is 2. The van der Waals surface area contributed by atoms with Gasteiger partial charge in [-0.05, 0) is 44.2 Å². The number of hydrogen-bond acceptors (Lipinski definition) is 3. The molecule has 2 aliphatic heterocycles. The summed E-state index contributed by atoms with van der Waals surface area (Å²) in [4.78, 5) is 6.72. The average Bonchev–Trinajstić information content (AvgIpc) is 2.93. The van der Waals surface area contributed by atoms with Crippen molar-refractivity contribution in [1.29, 1.82) is 0 Å². The van der Waals surface area contributed by atoms with E-state index in [0.29, 0.717) is 22.0 Å². The molecule has 1 aromatic rings. The van der Waals surface area contributed by atoms with Crippen LogP contribution in [0.1, 0.15) is 25.7 Å². The van der Waals surface area contributed by atoms with E-state index in [1.54, 1.807) is 12.3 Å². The SMILES string of the molecule is Clc1cnc(N2CCCC(C3CCCN3)C2)c(Cl)c1. The maximum atomic E-state index is 6.27. The minimum Gasteiger partial charge on any atom is -0.355 e. The van der Waals surface area contributed by atoms with Gasteiger partial charge in [-0.2, -0.15) is 0 Å². The van der Waals surface area contributed by atoms with E-state index in [1.165, 1.54) is 32.2 Å². The summed E-state index contributed by atoms with van der Waals surface area (Å²) < 4.78 is 0. The molecule has 1 aromatic heterocycles. The molecule has 2 saturated heterocycles. The molecular weight excluding hydrogens is 281 g/mol. The molecule has 0 radical (unpaired) electrons. The number of nitrogens with one attached hydrogen (secondary N) is 1. The minimum absolute atomic E-state index is 0.597. The van der Waals surface area contributed by atoms with Crippen LogP contribution in [0, 0.1) is 5.92 Å². The topological polar surface area (TPSA) is 28.2 Å². The van der Waals surface area contributed by atoms with E-state index >= 15 is 0 Å². The van der Waals surface area contributed by atoms with E-state index in [0.717, 1.165) is 18.9 Å². The molecule has 0 spiro atoms. The zero-order valence-electron chi connectivity index (χ0n) is 10.9. The van der Waals surface area contributed by atoms with Gasteiger partial charge in [0.25, 0.3) is 0 Å². The van der Waals surface area contributed by atoms with Gasteiger partial charge >= 0.3 is 0 Å². The Morgan fingerprint density at radius 1 is 1.26 bits per heavy atom. The van der Waals surface area contributed by atoms with Crippen LogP contribution in [0.4, 0.5) is 5.82 Å². The van der Waals surface area contributed by atoms with Crippen LogP contribution in [0.15, 0.2) is 12.3 Å². The van der Waals surface area contributed by atoms with Gasteiger partial charge in [-0.3, -0.25) is 0 Å². The van der Waals surface area contributed by atoms with Gasteiger partial charge in [0.2, 0.25) is 0 Å². The number of halogens is 2. The van der Waals surface area contributed by atoms with E-state index in [9.17, 15) is 0 Å². The molecule has 104 valence electrons. The molecule has 3 rings (SSSR count). The van der Waals surface area contributed by atoms with Crippen LogP contribution in [0.2, 0.25) is 10.0 Å². The van der Waals surface area contributed by atoms with Crippen molar-refractivity contribution >= 4 is 29.0 Å². The fourth-order valence-electron chi connectivity index (χ4n) is 3.28. The Labute approximate surface area is 124 Å². The zero-order valence-corrected chi connectivity index (χ0v) is 12.4. The number of hydrogen-bond donors (Lipinski definition) is 1. The van der Waals surface area contributed by atoms with Gasteiger partial charge in [0.05, 0.1) is 10.0 Å². The highest BCUT2D eigenvalue weighted by molar-refractivity contribution is 6.36. The lowest BCUT2D eigenvalue weighted by Crippen LogP contribution is -2.43. The van der Waals surface area contributed by atoms with E-state index in [2.05, 4.69) is 15.2 Å². The summed E-state index contributed by atoms with van der Waals surface area (Å²) >= 11 is 12.2. The van der Waals surface area contributed by atoms with Crippen LogP contribution < -0.4 is 10.2 Å². The van der Waals surface area contributed by atoms with Crippen LogP contribution in [0.3, 0.4) is 0 Å². The number of aromatic nitrogens is 1. The Morgan fingerprint density at radius 2 is 2.16 bits per heavy atom. The summed E-state index contributed by atoms with van der Waals surface area (Å²) in [6, 6.07) is 2.46. The second-order valence-corrected chi connectivity index (χ2v) is 6.35. The first-order chi connectivity index (χ1) is 9.24. The molecule has 0 bridgehead atoms. The predicted molar refractivity (Wildman–Crippen MR) is 80.2 cm³/mol. The zero-order chi connectivity index (χ0) is 13.2. The van der Waals surface area contributed by atoms with Crippen molar-refractivity contribution in [2.24, 2.45) is 5.92 Å². The third-order valence-electron chi connectivity index (χ3n) is 4.21. The smallest absolute Gasteiger partial charge is 0.147 e. The van der Waals surface area contributed by atoms with Crippen molar-refractivity contribution in [2.75, 3.05) is 24.5 Å². The molecule has 19 heavy (non-hydrogen) atoms. The standard InChI is InChI=1S/C14H19Cl2N3/c15-11-7-12(16)14(18-8-11)19-6-2-3-10(9-19)13-4-1-5-17-13/h7-8,10,13,17H,1-6,9H2. The van der Waals surface area contributed by atoms with Gasteiger partial charge in [-0.25, -0.2) is 4.98 Å². The van der Waals surface area contributed by atoms with Crippen molar-refractivity contribution in [2.45, 2.75) is 31.7 Å². The highest BCUT2D eigenvalue weighted by atomic mass is 35.5. The van der Waals surface area contributed by atoms with Crippen LogP contribution in [-0.4, -0.2) is 30.7 Å². The van der Waals surface area contributed by atoms with E-state index in [1.807, 2.05) is 0 Å². The molecule has 0 saturated carbocycles.